The molecule has 0 saturated carbocycles. The van der Waals surface area contributed by atoms with Crippen molar-refractivity contribution in [2.45, 2.75) is 26.4 Å². The zero-order chi connectivity index (χ0) is 15.4. The highest BCUT2D eigenvalue weighted by molar-refractivity contribution is 6.30. The third kappa shape index (κ3) is 3.85. The fourth-order valence-electron chi connectivity index (χ4n) is 2.34. The maximum Gasteiger partial charge on any atom is 0.0991 e. The van der Waals surface area contributed by atoms with Gasteiger partial charge in [0.1, 0.15) is 0 Å². The van der Waals surface area contributed by atoms with Crippen LogP contribution in [0.5, 0.6) is 0 Å². The quantitative estimate of drug-likeness (QED) is 0.817. The van der Waals surface area contributed by atoms with Crippen LogP contribution in [0.2, 0.25) is 5.02 Å². The van der Waals surface area contributed by atoms with Crippen LogP contribution in [0.15, 0.2) is 42.5 Å². The van der Waals surface area contributed by atoms with Gasteiger partial charge in [0.25, 0.3) is 0 Å². The first-order valence-corrected chi connectivity index (χ1v) is 7.34. The van der Waals surface area contributed by atoms with Crippen LogP contribution in [-0.2, 0) is 6.54 Å². The summed E-state index contributed by atoms with van der Waals surface area (Å²) in [4.78, 5) is 2.29. The number of benzene rings is 2. The first-order chi connectivity index (χ1) is 10.0. The summed E-state index contributed by atoms with van der Waals surface area (Å²) in [6.07, 6.45) is 0. The van der Waals surface area contributed by atoms with Crippen molar-refractivity contribution in [2.24, 2.45) is 0 Å². The van der Waals surface area contributed by atoms with Crippen LogP contribution >= 0.6 is 11.6 Å². The van der Waals surface area contributed by atoms with Crippen LogP contribution in [0.1, 0.15) is 35.2 Å². The Labute approximate surface area is 131 Å². The summed E-state index contributed by atoms with van der Waals surface area (Å²) in [5.41, 5.74) is 4.36. The van der Waals surface area contributed by atoms with Crippen molar-refractivity contribution in [2.75, 3.05) is 7.05 Å². The Morgan fingerprint density at radius 3 is 2.43 bits per heavy atom. The van der Waals surface area contributed by atoms with E-state index in [1.807, 2.05) is 30.3 Å². The molecule has 0 aromatic heterocycles. The lowest BCUT2D eigenvalue weighted by atomic mass is 10.0. The number of nitriles is 1. The summed E-state index contributed by atoms with van der Waals surface area (Å²) in [5.74, 6) is 0. The van der Waals surface area contributed by atoms with Crippen LogP contribution in [0, 0.1) is 18.3 Å². The molecule has 0 spiro atoms. The number of aryl methyl sites for hydroxylation is 1. The van der Waals surface area contributed by atoms with E-state index in [1.165, 1.54) is 11.1 Å². The van der Waals surface area contributed by atoms with Gasteiger partial charge in [-0.05, 0) is 61.9 Å². The molecule has 1 unspecified atom stereocenters. The molecular formula is C18H19ClN2. The normalized spacial score (nSPS) is 12.2. The molecular weight excluding hydrogens is 280 g/mol. The van der Waals surface area contributed by atoms with E-state index in [0.29, 0.717) is 11.6 Å². The van der Waals surface area contributed by atoms with Gasteiger partial charge in [0.15, 0.2) is 0 Å². The van der Waals surface area contributed by atoms with Gasteiger partial charge in [-0.2, -0.15) is 5.26 Å². The number of rotatable bonds is 4. The van der Waals surface area contributed by atoms with E-state index in [1.54, 1.807) is 0 Å². The van der Waals surface area contributed by atoms with Gasteiger partial charge in [-0.15, -0.1) is 0 Å². The highest BCUT2D eigenvalue weighted by atomic mass is 35.5. The van der Waals surface area contributed by atoms with Crippen LogP contribution < -0.4 is 0 Å². The first kappa shape index (κ1) is 15.6. The second-order valence-electron chi connectivity index (χ2n) is 5.40. The lowest BCUT2D eigenvalue weighted by molar-refractivity contribution is 0.252. The molecule has 0 heterocycles. The molecule has 0 fully saturated rings. The third-order valence-corrected chi connectivity index (χ3v) is 4.16. The Morgan fingerprint density at radius 1 is 1.19 bits per heavy atom. The second-order valence-corrected chi connectivity index (χ2v) is 5.83. The molecule has 1 atom stereocenters. The first-order valence-electron chi connectivity index (χ1n) is 6.96. The van der Waals surface area contributed by atoms with Crippen LogP contribution in [0.25, 0.3) is 0 Å². The maximum atomic E-state index is 8.92. The van der Waals surface area contributed by atoms with Gasteiger partial charge in [-0.3, -0.25) is 4.90 Å². The lowest BCUT2D eigenvalue weighted by Gasteiger charge is -2.26. The van der Waals surface area contributed by atoms with Crippen molar-refractivity contribution in [3.63, 3.8) is 0 Å². The summed E-state index contributed by atoms with van der Waals surface area (Å²) in [5, 5.41) is 9.68. The average molecular weight is 299 g/mol. The highest BCUT2D eigenvalue weighted by Crippen LogP contribution is 2.23. The number of hydrogen-bond donors (Lipinski definition) is 0. The monoisotopic (exact) mass is 298 g/mol. The van der Waals surface area contributed by atoms with Crippen molar-refractivity contribution in [1.29, 1.82) is 5.26 Å². The van der Waals surface area contributed by atoms with E-state index in [0.717, 1.165) is 17.1 Å². The molecule has 2 aromatic carbocycles. The van der Waals surface area contributed by atoms with Crippen molar-refractivity contribution >= 4 is 11.6 Å². The van der Waals surface area contributed by atoms with Gasteiger partial charge in [-0.1, -0.05) is 29.8 Å². The van der Waals surface area contributed by atoms with E-state index in [4.69, 9.17) is 16.9 Å². The fraction of sp³-hybridized carbons (Fsp3) is 0.278. The van der Waals surface area contributed by atoms with Gasteiger partial charge >= 0.3 is 0 Å². The minimum atomic E-state index is 0.303. The van der Waals surface area contributed by atoms with Crippen molar-refractivity contribution in [3.05, 3.63) is 69.7 Å². The third-order valence-electron chi connectivity index (χ3n) is 3.91. The van der Waals surface area contributed by atoms with Gasteiger partial charge in [0.2, 0.25) is 0 Å². The standard InChI is InChI=1S/C18H19ClN2/c1-13-10-15(11-20)4-5-17(13)12-21(3)14(2)16-6-8-18(19)9-7-16/h4-10,14H,12H2,1-3H3. The molecule has 0 amide bonds. The fourth-order valence-corrected chi connectivity index (χ4v) is 2.47. The molecule has 21 heavy (non-hydrogen) atoms. The Bertz CT molecular complexity index is 656. The molecule has 0 radical (unpaired) electrons. The number of hydrogen-bond acceptors (Lipinski definition) is 2. The second kappa shape index (κ2) is 6.76. The van der Waals surface area contributed by atoms with E-state index in [9.17, 15) is 0 Å². The van der Waals surface area contributed by atoms with Gasteiger partial charge < -0.3 is 0 Å². The van der Waals surface area contributed by atoms with Gasteiger partial charge in [0.05, 0.1) is 11.6 Å². The summed E-state index contributed by atoms with van der Waals surface area (Å²) in [6.45, 7) is 5.08. The van der Waals surface area contributed by atoms with Crippen molar-refractivity contribution in [3.8, 4) is 6.07 Å². The Balaban J connectivity index is 2.12. The van der Waals surface area contributed by atoms with E-state index in [2.05, 4.69) is 44.0 Å². The minimum absolute atomic E-state index is 0.303. The molecule has 0 aliphatic carbocycles. The van der Waals surface area contributed by atoms with Crippen LogP contribution in [0.4, 0.5) is 0 Å². The predicted molar refractivity (Wildman–Crippen MR) is 87.2 cm³/mol. The molecule has 0 aliphatic rings. The van der Waals surface area contributed by atoms with E-state index < -0.39 is 0 Å². The Morgan fingerprint density at radius 2 is 1.86 bits per heavy atom. The highest BCUT2D eigenvalue weighted by Gasteiger charge is 2.13. The Kier molecular flexibility index (Phi) is 5.01. The molecule has 2 nitrogen and oxygen atoms in total. The predicted octanol–water partition coefficient (Wildman–Crippen LogP) is 4.71. The van der Waals surface area contributed by atoms with Gasteiger partial charge in [0, 0.05) is 17.6 Å². The molecule has 2 rings (SSSR count). The van der Waals surface area contributed by atoms with Gasteiger partial charge in [-0.25, -0.2) is 0 Å². The molecule has 0 saturated heterocycles. The number of halogens is 1. The van der Waals surface area contributed by atoms with Crippen LogP contribution in [-0.4, -0.2) is 11.9 Å². The molecule has 3 heteroatoms. The topological polar surface area (TPSA) is 27.0 Å². The smallest absolute Gasteiger partial charge is 0.0991 e. The summed E-state index contributed by atoms with van der Waals surface area (Å²) in [6, 6.07) is 16.3. The summed E-state index contributed by atoms with van der Waals surface area (Å²) < 4.78 is 0. The number of nitrogens with zero attached hydrogens (tertiary/aromatic N) is 2. The van der Waals surface area contributed by atoms with Crippen molar-refractivity contribution in [1.82, 2.24) is 4.90 Å². The van der Waals surface area contributed by atoms with E-state index >= 15 is 0 Å². The van der Waals surface area contributed by atoms with Crippen molar-refractivity contribution < 1.29 is 0 Å². The largest absolute Gasteiger partial charge is 0.295 e. The zero-order valence-electron chi connectivity index (χ0n) is 12.6. The summed E-state index contributed by atoms with van der Waals surface area (Å²) >= 11 is 5.94. The molecule has 0 bridgehead atoms. The molecule has 0 N–H and O–H groups in total. The SMILES string of the molecule is Cc1cc(C#N)ccc1CN(C)C(C)c1ccc(Cl)cc1. The van der Waals surface area contributed by atoms with Crippen LogP contribution in [0.3, 0.4) is 0 Å². The molecule has 108 valence electrons. The lowest BCUT2D eigenvalue weighted by Crippen LogP contribution is -2.22. The maximum absolute atomic E-state index is 8.92. The minimum Gasteiger partial charge on any atom is -0.295 e. The van der Waals surface area contributed by atoms with E-state index in [-0.39, 0.29) is 0 Å². The zero-order valence-corrected chi connectivity index (χ0v) is 13.4. The molecule has 0 aliphatic heterocycles. The average Bonchev–Trinajstić information content (AvgIpc) is 2.49. The summed E-state index contributed by atoms with van der Waals surface area (Å²) in [7, 11) is 2.11. The Hall–Kier alpha value is -1.82. The molecule has 2 aromatic rings.